The largest absolute Gasteiger partial charge is 0.695 e. The lowest BCUT2D eigenvalue weighted by Gasteiger charge is -2.36. The van der Waals surface area contributed by atoms with Crippen LogP contribution in [0.15, 0.2) is 0 Å². The number of hydrogen-bond donors (Lipinski definition) is 4. The van der Waals surface area contributed by atoms with Gasteiger partial charge in [0.1, 0.15) is 6.10 Å². The second kappa shape index (κ2) is 10.7. The highest BCUT2D eigenvalue weighted by molar-refractivity contribution is 7.32. The smallest absolute Gasteiger partial charge is 0.481 e. The molecule has 3 atom stereocenters. The molecule has 0 saturated heterocycles. The first kappa shape index (κ1) is 22.9. The minimum Gasteiger partial charge on any atom is -0.481 e. The number of carbonyl (C=O) groups is 2. The van der Waals surface area contributed by atoms with Crippen molar-refractivity contribution in [2.45, 2.75) is 64.5 Å². The van der Waals surface area contributed by atoms with Gasteiger partial charge < -0.3 is 10.8 Å². The third-order valence-corrected chi connectivity index (χ3v) is 4.13. The molecule has 140 valence electrons. The van der Waals surface area contributed by atoms with E-state index < -0.39 is 37.7 Å². The summed E-state index contributed by atoms with van der Waals surface area (Å²) in [4.78, 5) is 32.4. The molecular weight excluding hydrogens is 339 g/mol. The summed E-state index contributed by atoms with van der Waals surface area (Å²) in [5.41, 5.74) is 4.22. The van der Waals surface area contributed by atoms with Crippen LogP contribution in [0.25, 0.3) is 0 Å². The minimum absolute atomic E-state index is 0.132. The molecule has 0 bridgehead atoms. The molecule has 0 aliphatic carbocycles. The number of carboxylic acid groups (broad SMARTS) is 1. The normalized spacial score (nSPS) is 14.8. The second-order valence-electron chi connectivity index (χ2n) is 6.23. The zero-order chi connectivity index (χ0) is 18.9. The summed E-state index contributed by atoms with van der Waals surface area (Å²) < 4.78 is 15.8. The van der Waals surface area contributed by atoms with Crippen molar-refractivity contribution in [1.29, 1.82) is 0 Å². The summed E-state index contributed by atoms with van der Waals surface area (Å²) in [7, 11) is -2.99. The van der Waals surface area contributed by atoms with Gasteiger partial charge in [-0.2, -0.15) is 0 Å². The molecule has 0 spiro atoms. The second-order valence-corrected chi connectivity index (χ2v) is 6.92. The van der Waals surface area contributed by atoms with Crippen LogP contribution in [0.4, 0.5) is 0 Å². The predicted molar refractivity (Wildman–Crippen MR) is 86.3 cm³/mol. The molecule has 0 saturated carbocycles. The number of rotatable bonds is 12. The van der Waals surface area contributed by atoms with Crippen LogP contribution >= 0.6 is 8.25 Å². The summed E-state index contributed by atoms with van der Waals surface area (Å²) in [6.07, 6.45) is 0.0741. The Bertz CT molecular complexity index is 445. The SMILES string of the molecule is CCCC(=O)N(O)C(C)(C)CC(C(=O)O)[C@@H](CCCN)O[P+](=O)O. The molecule has 0 heterocycles. The van der Waals surface area contributed by atoms with Crippen LogP contribution in [0, 0.1) is 5.92 Å². The number of aliphatic carboxylic acids is 1. The van der Waals surface area contributed by atoms with Crippen molar-refractivity contribution < 1.29 is 33.9 Å². The lowest BCUT2D eigenvalue weighted by atomic mass is 9.85. The van der Waals surface area contributed by atoms with Crippen molar-refractivity contribution in [1.82, 2.24) is 5.06 Å². The van der Waals surface area contributed by atoms with Gasteiger partial charge >= 0.3 is 14.2 Å². The molecule has 9 nitrogen and oxygen atoms in total. The van der Waals surface area contributed by atoms with Gasteiger partial charge in [0.05, 0.1) is 11.5 Å². The van der Waals surface area contributed by atoms with Crippen molar-refractivity contribution in [3.8, 4) is 0 Å². The lowest BCUT2D eigenvalue weighted by molar-refractivity contribution is -0.194. The van der Waals surface area contributed by atoms with Gasteiger partial charge in [0, 0.05) is 11.0 Å². The maximum Gasteiger partial charge on any atom is 0.695 e. The summed E-state index contributed by atoms with van der Waals surface area (Å²) in [6, 6.07) is 0. The van der Waals surface area contributed by atoms with Gasteiger partial charge in [-0.15, -0.1) is 9.42 Å². The molecule has 0 fully saturated rings. The maximum absolute atomic E-state index is 11.9. The van der Waals surface area contributed by atoms with E-state index >= 15 is 0 Å². The zero-order valence-electron chi connectivity index (χ0n) is 14.3. The molecular formula is C14H28N2O7P+. The fourth-order valence-corrected chi connectivity index (χ4v) is 2.91. The van der Waals surface area contributed by atoms with E-state index in [4.69, 9.17) is 15.2 Å². The Morgan fingerprint density at radius 2 is 1.96 bits per heavy atom. The number of carboxylic acids is 1. The number of amides is 1. The Kier molecular flexibility index (Phi) is 10.2. The van der Waals surface area contributed by atoms with Crippen LogP contribution in [0.3, 0.4) is 0 Å². The molecule has 0 aromatic rings. The van der Waals surface area contributed by atoms with E-state index in [1.54, 1.807) is 6.92 Å². The standard InChI is InChI=1S/C14H27N2O7P/c1-4-6-12(17)16(20)14(2,3)9-10(13(18)19)11(7-5-8-15)23-24(21)22/h10-11,20H,4-9,15H2,1-3H3,(H-,18,19,21,22)/p+1/t10?,11-/m1/s1. The van der Waals surface area contributed by atoms with Gasteiger partial charge in [-0.25, -0.2) is 5.06 Å². The molecule has 0 aliphatic rings. The van der Waals surface area contributed by atoms with Crippen LogP contribution in [-0.4, -0.2) is 50.3 Å². The number of nitrogens with zero attached hydrogens (tertiary/aromatic N) is 1. The quantitative estimate of drug-likeness (QED) is 0.231. The van der Waals surface area contributed by atoms with Crippen LogP contribution in [0.2, 0.25) is 0 Å². The third kappa shape index (κ3) is 7.63. The fraction of sp³-hybridized carbons (Fsp3) is 0.857. The Morgan fingerprint density at radius 3 is 2.38 bits per heavy atom. The highest BCUT2D eigenvalue weighted by Crippen LogP contribution is 2.32. The number of hydrogen-bond acceptors (Lipinski definition) is 6. The third-order valence-electron chi connectivity index (χ3n) is 3.68. The first-order valence-corrected chi connectivity index (χ1v) is 8.97. The zero-order valence-corrected chi connectivity index (χ0v) is 15.2. The van der Waals surface area contributed by atoms with Crippen LogP contribution in [0.1, 0.15) is 52.9 Å². The van der Waals surface area contributed by atoms with Crippen LogP contribution in [-0.2, 0) is 18.7 Å². The van der Waals surface area contributed by atoms with E-state index in [0.29, 0.717) is 17.9 Å². The van der Waals surface area contributed by atoms with Gasteiger partial charge in [-0.1, -0.05) is 6.92 Å². The molecule has 0 aromatic carbocycles. The van der Waals surface area contributed by atoms with E-state index in [-0.39, 0.29) is 25.8 Å². The average Bonchev–Trinajstić information content (AvgIpc) is 2.48. The molecule has 0 aromatic heterocycles. The molecule has 0 rings (SSSR count). The van der Waals surface area contributed by atoms with Gasteiger partial charge in [0.2, 0.25) is 5.91 Å². The molecule has 5 N–H and O–H groups in total. The van der Waals surface area contributed by atoms with Gasteiger partial charge in [0.15, 0.2) is 0 Å². The van der Waals surface area contributed by atoms with E-state index in [1.807, 2.05) is 0 Å². The van der Waals surface area contributed by atoms with Gasteiger partial charge in [-0.05, 0) is 46.1 Å². The van der Waals surface area contributed by atoms with E-state index in [0.717, 1.165) is 0 Å². The topological polar surface area (TPSA) is 150 Å². The van der Waals surface area contributed by atoms with Crippen LogP contribution < -0.4 is 5.73 Å². The summed E-state index contributed by atoms with van der Waals surface area (Å²) in [5.74, 6) is -2.93. The molecule has 24 heavy (non-hydrogen) atoms. The van der Waals surface area contributed by atoms with E-state index in [9.17, 15) is 24.5 Å². The van der Waals surface area contributed by atoms with E-state index in [2.05, 4.69) is 0 Å². The highest BCUT2D eigenvalue weighted by Gasteiger charge is 2.42. The van der Waals surface area contributed by atoms with Crippen molar-refractivity contribution in [3.05, 3.63) is 0 Å². The number of nitrogens with two attached hydrogens (primary N) is 1. The molecule has 10 heteroatoms. The van der Waals surface area contributed by atoms with Crippen molar-refractivity contribution in [2.75, 3.05) is 6.54 Å². The average molecular weight is 367 g/mol. The first-order valence-electron chi connectivity index (χ1n) is 7.84. The summed E-state index contributed by atoms with van der Waals surface area (Å²) in [6.45, 7) is 5.11. The Hall–Kier alpha value is -1.12. The molecule has 0 radical (unpaired) electrons. The summed E-state index contributed by atoms with van der Waals surface area (Å²) >= 11 is 0. The minimum atomic E-state index is -2.99. The molecule has 1 amide bonds. The Morgan fingerprint density at radius 1 is 1.38 bits per heavy atom. The monoisotopic (exact) mass is 367 g/mol. The van der Waals surface area contributed by atoms with Crippen molar-refractivity contribution >= 4 is 20.1 Å². The first-order chi connectivity index (χ1) is 11.1. The van der Waals surface area contributed by atoms with Gasteiger partial charge in [0.25, 0.3) is 0 Å². The predicted octanol–water partition coefficient (Wildman–Crippen LogP) is 1.65. The Balaban J connectivity index is 5.29. The van der Waals surface area contributed by atoms with Gasteiger partial charge in [-0.3, -0.25) is 14.8 Å². The lowest BCUT2D eigenvalue weighted by Crippen LogP contribution is -2.49. The van der Waals surface area contributed by atoms with Crippen molar-refractivity contribution in [2.24, 2.45) is 11.7 Å². The van der Waals surface area contributed by atoms with E-state index in [1.165, 1.54) is 13.8 Å². The number of carbonyl (C=O) groups excluding carboxylic acids is 1. The summed E-state index contributed by atoms with van der Waals surface area (Å²) in [5, 5.41) is 20.1. The molecule has 0 aliphatic heterocycles. The highest BCUT2D eigenvalue weighted by atomic mass is 31.1. The number of hydroxylamine groups is 2. The fourth-order valence-electron chi connectivity index (χ4n) is 2.42. The van der Waals surface area contributed by atoms with Crippen molar-refractivity contribution in [3.63, 3.8) is 0 Å². The van der Waals surface area contributed by atoms with Crippen LogP contribution in [0.5, 0.6) is 0 Å². The maximum atomic E-state index is 11.9. The Labute approximate surface area is 142 Å². The molecule has 2 unspecified atom stereocenters.